The molecule has 132 valence electrons. The number of fused-ring (bicyclic) bond motifs is 1. The van der Waals surface area contributed by atoms with Gasteiger partial charge in [0.05, 0.1) is 28.7 Å². The highest BCUT2D eigenvalue weighted by Crippen LogP contribution is 2.29. The highest BCUT2D eigenvalue weighted by molar-refractivity contribution is 5.96. The van der Waals surface area contributed by atoms with Gasteiger partial charge in [-0.2, -0.15) is 10.4 Å². The summed E-state index contributed by atoms with van der Waals surface area (Å²) in [6.45, 7) is 0. The molecule has 0 fully saturated rings. The molecule has 4 aromatic rings. The van der Waals surface area contributed by atoms with Crippen molar-refractivity contribution in [2.24, 2.45) is 7.05 Å². The topological polar surface area (TPSA) is 109 Å². The van der Waals surface area contributed by atoms with Crippen molar-refractivity contribution in [3.63, 3.8) is 0 Å². The van der Waals surface area contributed by atoms with E-state index >= 15 is 0 Å². The number of nitrogens with zero attached hydrogens (tertiary/aromatic N) is 5. The molecule has 0 atom stereocenters. The van der Waals surface area contributed by atoms with Crippen LogP contribution in [0.15, 0.2) is 55.0 Å². The lowest BCUT2D eigenvalue weighted by Crippen LogP contribution is -2.09. The van der Waals surface area contributed by atoms with E-state index in [1.165, 1.54) is 4.57 Å². The lowest BCUT2D eigenvalue weighted by molar-refractivity contribution is 0.198. The van der Waals surface area contributed by atoms with Gasteiger partial charge in [0.2, 0.25) is 0 Å². The maximum atomic E-state index is 11.9. The molecule has 3 aromatic heterocycles. The number of aromatic nitrogens is 4. The fourth-order valence-electron chi connectivity index (χ4n) is 2.97. The summed E-state index contributed by atoms with van der Waals surface area (Å²) in [6, 6.07) is 12.6. The Labute approximate surface area is 153 Å². The van der Waals surface area contributed by atoms with Gasteiger partial charge in [-0.15, -0.1) is 0 Å². The molecule has 0 unspecified atom stereocenters. The minimum atomic E-state index is -1.10. The highest BCUT2D eigenvalue weighted by atomic mass is 16.4. The number of para-hydroxylation sites is 1. The van der Waals surface area contributed by atoms with Gasteiger partial charge in [-0.05, 0) is 18.2 Å². The lowest BCUT2D eigenvalue weighted by Gasteiger charge is -2.08. The van der Waals surface area contributed by atoms with Crippen LogP contribution in [0.1, 0.15) is 5.56 Å². The molecule has 2 N–H and O–H groups in total. The molecule has 0 spiro atoms. The molecule has 0 saturated carbocycles. The minimum absolute atomic E-state index is 0.448. The van der Waals surface area contributed by atoms with Gasteiger partial charge in [-0.1, -0.05) is 12.1 Å². The van der Waals surface area contributed by atoms with E-state index in [9.17, 15) is 15.2 Å². The number of benzene rings is 1. The zero-order valence-corrected chi connectivity index (χ0v) is 14.3. The molecule has 0 bridgehead atoms. The Hall–Kier alpha value is -4.12. The molecular formula is C19H14N6O2. The van der Waals surface area contributed by atoms with Gasteiger partial charge in [0.15, 0.2) is 0 Å². The van der Waals surface area contributed by atoms with Crippen LogP contribution in [-0.2, 0) is 7.05 Å². The van der Waals surface area contributed by atoms with Gasteiger partial charge in [0.25, 0.3) is 0 Å². The molecule has 0 aliphatic heterocycles. The molecule has 27 heavy (non-hydrogen) atoms. The van der Waals surface area contributed by atoms with Crippen molar-refractivity contribution in [1.82, 2.24) is 19.3 Å². The Morgan fingerprint density at radius 3 is 2.78 bits per heavy atom. The number of aryl methyl sites for hydroxylation is 1. The molecule has 0 aliphatic rings. The van der Waals surface area contributed by atoms with Crippen LogP contribution in [0.25, 0.3) is 22.2 Å². The number of anilines is 2. The summed E-state index contributed by atoms with van der Waals surface area (Å²) in [4.78, 5) is 16.2. The fourth-order valence-corrected chi connectivity index (χ4v) is 2.97. The van der Waals surface area contributed by atoms with Gasteiger partial charge >= 0.3 is 6.09 Å². The van der Waals surface area contributed by atoms with Crippen LogP contribution in [-0.4, -0.2) is 30.5 Å². The summed E-state index contributed by atoms with van der Waals surface area (Å²) in [5.74, 6) is 0.448. The van der Waals surface area contributed by atoms with Gasteiger partial charge in [-0.25, -0.2) is 14.3 Å². The van der Waals surface area contributed by atoms with Crippen molar-refractivity contribution in [3.05, 3.63) is 60.6 Å². The summed E-state index contributed by atoms with van der Waals surface area (Å²) >= 11 is 0. The van der Waals surface area contributed by atoms with Crippen LogP contribution >= 0.6 is 0 Å². The molecule has 0 radical (unpaired) electrons. The largest absolute Gasteiger partial charge is 0.464 e. The summed E-state index contributed by atoms with van der Waals surface area (Å²) in [5.41, 5.74) is 2.78. The van der Waals surface area contributed by atoms with E-state index in [0.717, 1.165) is 0 Å². The molecule has 0 aliphatic carbocycles. The summed E-state index contributed by atoms with van der Waals surface area (Å²) in [5, 5.41) is 26.8. The molecule has 0 saturated heterocycles. The Balaban J connectivity index is 1.83. The van der Waals surface area contributed by atoms with Crippen molar-refractivity contribution < 1.29 is 9.90 Å². The Bertz CT molecular complexity index is 1210. The van der Waals surface area contributed by atoms with Crippen LogP contribution < -0.4 is 5.32 Å². The van der Waals surface area contributed by atoms with Crippen LogP contribution in [0.4, 0.5) is 16.3 Å². The van der Waals surface area contributed by atoms with Crippen molar-refractivity contribution in [2.75, 3.05) is 5.32 Å². The number of carbonyl (C=O) groups is 1. The van der Waals surface area contributed by atoms with Crippen molar-refractivity contribution in [2.45, 2.75) is 0 Å². The molecule has 4 rings (SSSR count). The lowest BCUT2D eigenvalue weighted by atomic mass is 10.2. The van der Waals surface area contributed by atoms with E-state index in [-0.39, 0.29) is 0 Å². The number of pyridine rings is 1. The standard InChI is InChI=1S/C19H14N6O2/c1-24-11-14(10-22-24)16-6-13-9-21-18(7-17(13)25(16)19(26)27)23-15-5-3-2-4-12(15)8-20/h2-7,9-11H,1H3,(H,21,23)(H,26,27). The quantitative estimate of drug-likeness (QED) is 0.579. The van der Waals surface area contributed by atoms with Gasteiger partial charge in [-0.3, -0.25) is 4.68 Å². The van der Waals surface area contributed by atoms with E-state index in [2.05, 4.69) is 21.5 Å². The first-order valence-corrected chi connectivity index (χ1v) is 8.07. The number of hydrogen-bond donors (Lipinski definition) is 2. The average Bonchev–Trinajstić information content (AvgIpc) is 3.25. The minimum Gasteiger partial charge on any atom is -0.464 e. The second-order valence-corrected chi connectivity index (χ2v) is 5.96. The van der Waals surface area contributed by atoms with Gasteiger partial charge in [0, 0.05) is 36.5 Å². The number of nitriles is 1. The van der Waals surface area contributed by atoms with Gasteiger partial charge < -0.3 is 10.4 Å². The fraction of sp³-hybridized carbons (Fsp3) is 0.0526. The number of carboxylic acid groups (broad SMARTS) is 1. The van der Waals surface area contributed by atoms with E-state index < -0.39 is 6.09 Å². The van der Waals surface area contributed by atoms with Crippen molar-refractivity contribution in [3.8, 4) is 17.3 Å². The molecule has 0 amide bonds. The van der Waals surface area contributed by atoms with E-state index in [4.69, 9.17) is 0 Å². The third-order valence-corrected chi connectivity index (χ3v) is 4.19. The predicted octanol–water partition coefficient (Wildman–Crippen LogP) is 3.58. The number of rotatable bonds is 3. The van der Waals surface area contributed by atoms with E-state index in [1.807, 2.05) is 6.07 Å². The van der Waals surface area contributed by atoms with Crippen molar-refractivity contribution >= 4 is 28.5 Å². The Kier molecular flexibility index (Phi) is 3.82. The van der Waals surface area contributed by atoms with E-state index in [1.54, 1.807) is 60.7 Å². The van der Waals surface area contributed by atoms with Crippen LogP contribution in [0, 0.1) is 11.3 Å². The SMILES string of the molecule is Cn1cc(-c2cc3cnc(Nc4ccccc4C#N)cc3n2C(=O)O)cn1. The zero-order chi connectivity index (χ0) is 19.0. The molecule has 3 heterocycles. The maximum absolute atomic E-state index is 11.9. The predicted molar refractivity (Wildman–Crippen MR) is 99.8 cm³/mol. The summed E-state index contributed by atoms with van der Waals surface area (Å²) in [7, 11) is 1.77. The second-order valence-electron chi connectivity index (χ2n) is 5.96. The van der Waals surface area contributed by atoms with Gasteiger partial charge in [0.1, 0.15) is 11.9 Å². The second kappa shape index (κ2) is 6.31. The summed E-state index contributed by atoms with van der Waals surface area (Å²) in [6.07, 6.45) is 3.87. The van der Waals surface area contributed by atoms with Crippen molar-refractivity contribution in [1.29, 1.82) is 5.26 Å². The first-order valence-electron chi connectivity index (χ1n) is 8.07. The number of hydrogen-bond acceptors (Lipinski definition) is 5. The summed E-state index contributed by atoms with van der Waals surface area (Å²) < 4.78 is 2.82. The third-order valence-electron chi connectivity index (χ3n) is 4.19. The molecule has 8 nitrogen and oxygen atoms in total. The van der Waals surface area contributed by atoms with Crippen LogP contribution in [0.2, 0.25) is 0 Å². The molecule has 8 heteroatoms. The molecule has 1 aromatic carbocycles. The smallest absolute Gasteiger partial charge is 0.416 e. The molecular weight excluding hydrogens is 344 g/mol. The average molecular weight is 358 g/mol. The Morgan fingerprint density at radius 1 is 1.26 bits per heavy atom. The zero-order valence-electron chi connectivity index (χ0n) is 14.3. The van der Waals surface area contributed by atoms with E-state index in [0.29, 0.717) is 39.2 Å². The van der Waals surface area contributed by atoms with Crippen LogP contribution in [0.5, 0.6) is 0 Å². The first-order chi connectivity index (χ1) is 13.1. The maximum Gasteiger partial charge on any atom is 0.416 e. The highest BCUT2D eigenvalue weighted by Gasteiger charge is 2.18. The normalized spacial score (nSPS) is 10.7. The third kappa shape index (κ3) is 2.87. The van der Waals surface area contributed by atoms with Crippen LogP contribution in [0.3, 0.4) is 0 Å². The number of nitrogens with one attached hydrogen (secondary N) is 1. The first kappa shape index (κ1) is 16.4. The monoisotopic (exact) mass is 358 g/mol. The Morgan fingerprint density at radius 2 is 2.07 bits per heavy atom.